The summed E-state index contributed by atoms with van der Waals surface area (Å²) in [5.74, 6) is -2.38. The zero-order valence-electron chi connectivity index (χ0n) is 22.4. The number of carbonyl (C=O) groups excluding carboxylic acids is 3. The molecular formula is C28H44N2O6. The Bertz CT molecular complexity index is 859. The lowest BCUT2D eigenvalue weighted by molar-refractivity contribution is -0.162. The molecule has 0 aromatic carbocycles. The largest absolute Gasteiger partial charge is 0.465 e. The first-order valence-electron chi connectivity index (χ1n) is 13.4. The normalized spacial score (nSPS) is 32.6. The van der Waals surface area contributed by atoms with Crippen LogP contribution in [0.3, 0.4) is 0 Å². The zero-order valence-corrected chi connectivity index (χ0v) is 22.4. The maximum atomic E-state index is 14.1. The number of unbranched alkanes of at least 4 members (excludes halogenated alkanes) is 3. The van der Waals surface area contributed by atoms with Crippen LogP contribution in [-0.2, 0) is 23.9 Å². The van der Waals surface area contributed by atoms with Crippen molar-refractivity contribution in [3.8, 4) is 0 Å². The Hall–Kier alpha value is -2.19. The van der Waals surface area contributed by atoms with Crippen LogP contribution in [0.15, 0.2) is 25.3 Å². The van der Waals surface area contributed by atoms with Crippen LogP contribution in [0.4, 0.5) is 0 Å². The summed E-state index contributed by atoms with van der Waals surface area (Å²) in [5, 5.41) is 9.32. The standard InChI is InChI=1S/C28H44N2O6/c1-7-9-10-13-17-35-26(34)22-21-24(32)30(15-11-12-16-31)23(25(33)29(14-8-2)19(3)4)28(21)18-20(5)27(22,6)36-28/h7-8,19-23,31H,1-2,9-18H2,3-6H3/t20?,21-,22+,23?,27-,28?/m0/s1. The molecule has 36 heavy (non-hydrogen) atoms. The number of fused-ring (bicyclic) bond motifs is 1. The summed E-state index contributed by atoms with van der Waals surface area (Å²) >= 11 is 0. The molecule has 2 amide bonds. The molecule has 8 nitrogen and oxygen atoms in total. The van der Waals surface area contributed by atoms with Crippen LogP contribution in [0, 0.1) is 17.8 Å². The van der Waals surface area contributed by atoms with Gasteiger partial charge in [-0.05, 0) is 65.2 Å². The van der Waals surface area contributed by atoms with E-state index in [4.69, 9.17) is 9.47 Å². The van der Waals surface area contributed by atoms with Crippen molar-refractivity contribution in [2.45, 2.75) is 89.5 Å². The van der Waals surface area contributed by atoms with E-state index in [9.17, 15) is 19.5 Å². The van der Waals surface area contributed by atoms with Gasteiger partial charge in [0, 0.05) is 25.7 Å². The van der Waals surface area contributed by atoms with Crippen LogP contribution in [0.1, 0.15) is 66.2 Å². The fraction of sp³-hybridized carbons (Fsp3) is 0.750. The van der Waals surface area contributed by atoms with Crippen molar-refractivity contribution < 1.29 is 29.0 Å². The minimum atomic E-state index is -1.08. The third-order valence-corrected chi connectivity index (χ3v) is 8.39. The summed E-state index contributed by atoms with van der Waals surface area (Å²) in [6, 6.07) is -0.922. The van der Waals surface area contributed by atoms with Gasteiger partial charge in [0.05, 0.1) is 18.1 Å². The molecule has 0 aliphatic carbocycles. The van der Waals surface area contributed by atoms with E-state index in [1.807, 2.05) is 33.8 Å². The molecule has 0 aromatic rings. The Morgan fingerprint density at radius 1 is 1.25 bits per heavy atom. The van der Waals surface area contributed by atoms with E-state index in [2.05, 4.69) is 13.2 Å². The Morgan fingerprint density at radius 3 is 2.58 bits per heavy atom. The van der Waals surface area contributed by atoms with Crippen LogP contribution in [0.2, 0.25) is 0 Å². The highest BCUT2D eigenvalue weighted by molar-refractivity contribution is 5.98. The van der Waals surface area contributed by atoms with Crippen molar-refractivity contribution in [3.05, 3.63) is 25.3 Å². The minimum absolute atomic E-state index is 0.0101. The lowest BCUT2D eigenvalue weighted by atomic mass is 9.62. The van der Waals surface area contributed by atoms with Crippen LogP contribution in [-0.4, -0.2) is 82.3 Å². The van der Waals surface area contributed by atoms with Crippen LogP contribution in [0.5, 0.6) is 0 Å². The zero-order chi connectivity index (χ0) is 26.7. The molecule has 6 atom stereocenters. The molecule has 3 aliphatic rings. The van der Waals surface area contributed by atoms with E-state index >= 15 is 0 Å². The van der Waals surface area contributed by atoms with E-state index in [1.165, 1.54) is 0 Å². The molecule has 3 rings (SSSR count). The van der Waals surface area contributed by atoms with E-state index in [0.29, 0.717) is 32.4 Å². The van der Waals surface area contributed by atoms with Gasteiger partial charge in [-0.15, -0.1) is 13.2 Å². The molecular weight excluding hydrogens is 460 g/mol. The van der Waals surface area contributed by atoms with Gasteiger partial charge in [-0.3, -0.25) is 14.4 Å². The van der Waals surface area contributed by atoms with Gasteiger partial charge in [0.15, 0.2) is 0 Å². The van der Waals surface area contributed by atoms with Crippen LogP contribution < -0.4 is 0 Å². The summed E-state index contributed by atoms with van der Waals surface area (Å²) in [6.07, 6.45) is 7.58. The molecule has 3 heterocycles. The van der Waals surface area contributed by atoms with Gasteiger partial charge >= 0.3 is 5.97 Å². The molecule has 3 fully saturated rings. The Labute approximate surface area is 215 Å². The number of ether oxygens (including phenoxy) is 2. The topological polar surface area (TPSA) is 96.4 Å². The van der Waals surface area contributed by atoms with Crippen LogP contribution in [0.25, 0.3) is 0 Å². The number of carbonyl (C=O) groups is 3. The SMILES string of the molecule is C=CCCCCOC(=O)[C@H]1[C@H]2C(=O)N(CCCCO)C(C(=O)N(CC=C)C(C)C)C23CC(C)[C@]1(C)O3. The summed E-state index contributed by atoms with van der Waals surface area (Å²) in [5.41, 5.74) is -1.96. The monoisotopic (exact) mass is 504 g/mol. The Kier molecular flexibility index (Phi) is 9.04. The number of amides is 2. The number of hydrogen-bond acceptors (Lipinski definition) is 6. The van der Waals surface area contributed by atoms with Crippen molar-refractivity contribution in [1.82, 2.24) is 9.80 Å². The van der Waals surface area contributed by atoms with E-state index in [1.54, 1.807) is 15.9 Å². The first-order valence-corrected chi connectivity index (χ1v) is 13.4. The smallest absolute Gasteiger partial charge is 0.312 e. The van der Waals surface area contributed by atoms with E-state index < -0.39 is 35.0 Å². The molecule has 2 bridgehead atoms. The van der Waals surface area contributed by atoms with Crippen molar-refractivity contribution in [2.75, 3.05) is 26.3 Å². The second kappa shape index (κ2) is 11.5. The lowest BCUT2D eigenvalue weighted by Gasteiger charge is -2.38. The summed E-state index contributed by atoms with van der Waals surface area (Å²) in [4.78, 5) is 44.9. The summed E-state index contributed by atoms with van der Waals surface area (Å²) in [6.45, 7) is 16.3. The van der Waals surface area contributed by atoms with Gasteiger partial charge in [-0.2, -0.15) is 0 Å². The number of rotatable bonds is 14. The first-order chi connectivity index (χ1) is 17.1. The number of nitrogens with zero attached hydrogens (tertiary/aromatic N) is 2. The van der Waals surface area contributed by atoms with Gasteiger partial charge < -0.3 is 24.4 Å². The highest BCUT2D eigenvalue weighted by Gasteiger charge is 2.80. The maximum absolute atomic E-state index is 14.1. The molecule has 0 saturated carbocycles. The van der Waals surface area contributed by atoms with Crippen molar-refractivity contribution in [2.24, 2.45) is 17.8 Å². The van der Waals surface area contributed by atoms with Gasteiger partial charge in [0.1, 0.15) is 17.6 Å². The van der Waals surface area contributed by atoms with Gasteiger partial charge in [0.25, 0.3) is 0 Å². The number of aliphatic hydroxyl groups excluding tert-OH is 1. The maximum Gasteiger partial charge on any atom is 0.312 e. The summed E-state index contributed by atoms with van der Waals surface area (Å²) < 4.78 is 12.4. The second-order valence-electron chi connectivity index (χ2n) is 11.0. The van der Waals surface area contributed by atoms with Gasteiger partial charge in [-0.1, -0.05) is 19.1 Å². The fourth-order valence-electron chi connectivity index (χ4n) is 6.52. The third kappa shape index (κ3) is 4.74. The average molecular weight is 505 g/mol. The molecule has 1 N–H and O–H groups in total. The van der Waals surface area contributed by atoms with Crippen molar-refractivity contribution in [1.29, 1.82) is 0 Å². The highest BCUT2D eigenvalue weighted by atomic mass is 16.6. The number of allylic oxidation sites excluding steroid dienone is 1. The van der Waals surface area contributed by atoms with Crippen molar-refractivity contribution in [3.63, 3.8) is 0 Å². The molecule has 3 unspecified atom stereocenters. The Morgan fingerprint density at radius 2 is 1.97 bits per heavy atom. The predicted molar refractivity (Wildman–Crippen MR) is 137 cm³/mol. The van der Waals surface area contributed by atoms with Gasteiger partial charge in [0.2, 0.25) is 11.8 Å². The number of likely N-dealkylation sites (tertiary alicyclic amines) is 1. The summed E-state index contributed by atoms with van der Waals surface area (Å²) in [7, 11) is 0. The number of aliphatic hydroxyl groups is 1. The molecule has 1 spiro atoms. The van der Waals surface area contributed by atoms with Gasteiger partial charge in [-0.25, -0.2) is 0 Å². The second-order valence-corrected chi connectivity index (χ2v) is 11.0. The average Bonchev–Trinajstić information content (AvgIpc) is 3.33. The van der Waals surface area contributed by atoms with Crippen LogP contribution >= 0.6 is 0 Å². The molecule has 3 saturated heterocycles. The molecule has 202 valence electrons. The molecule has 0 aromatic heterocycles. The van der Waals surface area contributed by atoms with E-state index in [0.717, 1.165) is 19.3 Å². The third-order valence-electron chi connectivity index (χ3n) is 8.39. The quantitative estimate of drug-likeness (QED) is 0.222. The van der Waals surface area contributed by atoms with Crippen molar-refractivity contribution >= 4 is 17.8 Å². The highest BCUT2D eigenvalue weighted by Crippen LogP contribution is 2.65. The number of esters is 1. The molecule has 0 radical (unpaired) electrons. The van der Waals surface area contributed by atoms with E-state index in [-0.39, 0.29) is 37.0 Å². The first kappa shape index (κ1) is 28.4. The molecule has 3 aliphatic heterocycles. The predicted octanol–water partition coefficient (Wildman–Crippen LogP) is 3.09. The molecule has 8 heteroatoms. The fourth-order valence-corrected chi connectivity index (χ4v) is 6.52. The number of hydrogen-bond donors (Lipinski definition) is 1. The minimum Gasteiger partial charge on any atom is -0.465 e. The lowest BCUT2D eigenvalue weighted by Crippen LogP contribution is -2.57. The Balaban J connectivity index is 1.97.